The van der Waals surface area contributed by atoms with Crippen LogP contribution in [0.5, 0.6) is 0 Å². The molecule has 1 aromatic carbocycles. The molecule has 2 heteroatoms. The number of aromatic nitrogens is 1. The number of rotatable bonds is 8. The molecule has 2 nitrogen and oxygen atoms in total. The molecule has 0 radical (unpaired) electrons. The van der Waals surface area contributed by atoms with Gasteiger partial charge < -0.3 is 10.3 Å². The first-order chi connectivity index (χ1) is 9.72. The molecular formula is C18H28N2. The van der Waals surface area contributed by atoms with Crippen molar-refractivity contribution in [1.29, 1.82) is 0 Å². The molecule has 0 fully saturated rings. The number of aryl methyl sites for hydroxylation is 1. The van der Waals surface area contributed by atoms with Crippen LogP contribution in [0.15, 0.2) is 30.5 Å². The van der Waals surface area contributed by atoms with E-state index in [0.717, 1.165) is 13.0 Å². The highest BCUT2D eigenvalue weighted by Crippen LogP contribution is 2.22. The van der Waals surface area contributed by atoms with E-state index in [4.69, 9.17) is 5.73 Å². The second-order valence-corrected chi connectivity index (χ2v) is 5.95. The van der Waals surface area contributed by atoms with E-state index in [0.29, 0.717) is 0 Å². The van der Waals surface area contributed by atoms with Crippen molar-refractivity contribution in [1.82, 2.24) is 4.57 Å². The molecule has 110 valence electrons. The first kappa shape index (κ1) is 15.1. The van der Waals surface area contributed by atoms with Crippen LogP contribution in [0, 0.1) is 0 Å². The van der Waals surface area contributed by atoms with Gasteiger partial charge in [-0.1, -0.05) is 44.7 Å². The Morgan fingerprint density at radius 2 is 1.90 bits per heavy atom. The molecule has 0 aliphatic heterocycles. The summed E-state index contributed by atoms with van der Waals surface area (Å²) in [4.78, 5) is 0. The van der Waals surface area contributed by atoms with Crippen molar-refractivity contribution in [2.24, 2.45) is 5.73 Å². The van der Waals surface area contributed by atoms with Crippen molar-refractivity contribution < 1.29 is 0 Å². The number of unbranched alkanes of at least 4 members (excludes halogenated alkanes) is 4. The maximum atomic E-state index is 5.94. The molecule has 1 heterocycles. The minimum atomic E-state index is 0.220. The Bertz CT molecular complexity index is 525. The van der Waals surface area contributed by atoms with Crippen LogP contribution in [-0.2, 0) is 13.0 Å². The van der Waals surface area contributed by atoms with Crippen LogP contribution in [-0.4, -0.2) is 10.6 Å². The molecule has 0 saturated heterocycles. The average Bonchev–Trinajstić information content (AvgIpc) is 2.82. The molecule has 1 unspecified atom stereocenters. The highest BCUT2D eigenvalue weighted by molar-refractivity contribution is 5.83. The normalized spacial score (nSPS) is 12.9. The lowest BCUT2D eigenvalue weighted by atomic mass is 10.0. The van der Waals surface area contributed by atoms with Crippen molar-refractivity contribution in [2.45, 2.75) is 65.0 Å². The fourth-order valence-corrected chi connectivity index (χ4v) is 2.89. The summed E-state index contributed by atoms with van der Waals surface area (Å²) in [5.74, 6) is 0. The van der Waals surface area contributed by atoms with Gasteiger partial charge in [-0.2, -0.15) is 0 Å². The number of nitrogens with two attached hydrogens (primary N) is 1. The minimum Gasteiger partial charge on any atom is -0.347 e. The number of benzene rings is 1. The van der Waals surface area contributed by atoms with Gasteiger partial charge in [-0.3, -0.25) is 0 Å². The van der Waals surface area contributed by atoms with Crippen molar-refractivity contribution in [3.05, 3.63) is 36.0 Å². The van der Waals surface area contributed by atoms with Crippen molar-refractivity contribution in [3.8, 4) is 0 Å². The van der Waals surface area contributed by atoms with Crippen LogP contribution < -0.4 is 5.73 Å². The van der Waals surface area contributed by atoms with Gasteiger partial charge in [0.1, 0.15) is 0 Å². The van der Waals surface area contributed by atoms with Crippen molar-refractivity contribution in [3.63, 3.8) is 0 Å². The van der Waals surface area contributed by atoms with Gasteiger partial charge in [0, 0.05) is 29.7 Å². The molecule has 0 bridgehead atoms. The summed E-state index contributed by atoms with van der Waals surface area (Å²) >= 11 is 0. The zero-order chi connectivity index (χ0) is 14.4. The third-order valence-electron chi connectivity index (χ3n) is 3.95. The predicted molar refractivity (Wildman–Crippen MR) is 88.1 cm³/mol. The van der Waals surface area contributed by atoms with Gasteiger partial charge in [0.15, 0.2) is 0 Å². The first-order valence-electron chi connectivity index (χ1n) is 8.04. The van der Waals surface area contributed by atoms with Crippen LogP contribution in [0.25, 0.3) is 10.9 Å². The Balaban J connectivity index is 2.04. The summed E-state index contributed by atoms with van der Waals surface area (Å²) in [6, 6.07) is 9.06. The van der Waals surface area contributed by atoms with Crippen LogP contribution in [0.1, 0.15) is 51.5 Å². The number of hydrogen-bond acceptors (Lipinski definition) is 1. The van der Waals surface area contributed by atoms with Crippen molar-refractivity contribution in [2.75, 3.05) is 0 Å². The predicted octanol–water partition coefficient (Wildman–Crippen LogP) is 4.50. The van der Waals surface area contributed by atoms with Crippen LogP contribution in [0.4, 0.5) is 0 Å². The Morgan fingerprint density at radius 1 is 1.10 bits per heavy atom. The standard InChI is InChI=1S/C18H28N2/c1-3-4-5-6-7-12-20-13-11-17-16(14-15(2)19)9-8-10-18(17)20/h8-11,13,15H,3-7,12,14,19H2,1-2H3. The smallest absolute Gasteiger partial charge is 0.0483 e. The fraction of sp³-hybridized carbons (Fsp3) is 0.556. The van der Waals surface area contributed by atoms with E-state index in [9.17, 15) is 0 Å². The van der Waals surface area contributed by atoms with Gasteiger partial charge in [-0.05, 0) is 37.5 Å². The summed E-state index contributed by atoms with van der Waals surface area (Å²) in [6.07, 6.45) is 9.85. The van der Waals surface area contributed by atoms with E-state index in [2.05, 4.69) is 48.9 Å². The zero-order valence-electron chi connectivity index (χ0n) is 12.9. The second-order valence-electron chi connectivity index (χ2n) is 5.95. The quantitative estimate of drug-likeness (QED) is 0.705. The topological polar surface area (TPSA) is 30.9 Å². The summed E-state index contributed by atoms with van der Waals surface area (Å²) in [5.41, 5.74) is 8.68. The van der Waals surface area contributed by atoms with Gasteiger partial charge in [0.25, 0.3) is 0 Å². The fourth-order valence-electron chi connectivity index (χ4n) is 2.89. The molecule has 20 heavy (non-hydrogen) atoms. The van der Waals surface area contributed by atoms with Crippen LogP contribution in [0.3, 0.4) is 0 Å². The molecule has 1 atom stereocenters. The zero-order valence-corrected chi connectivity index (χ0v) is 12.9. The lowest BCUT2D eigenvalue weighted by Gasteiger charge is -2.09. The van der Waals surface area contributed by atoms with E-state index in [-0.39, 0.29) is 6.04 Å². The van der Waals surface area contributed by atoms with Gasteiger partial charge >= 0.3 is 0 Å². The van der Waals surface area contributed by atoms with Gasteiger partial charge in [0.05, 0.1) is 0 Å². The summed E-state index contributed by atoms with van der Waals surface area (Å²) in [7, 11) is 0. The average molecular weight is 272 g/mol. The molecular weight excluding hydrogens is 244 g/mol. The first-order valence-corrected chi connectivity index (χ1v) is 8.04. The monoisotopic (exact) mass is 272 g/mol. The van der Waals surface area contributed by atoms with E-state index >= 15 is 0 Å². The third kappa shape index (κ3) is 3.86. The number of fused-ring (bicyclic) bond motifs is 1. The molecule has 0 spiro atoms. The molecule has 0 amide bonds. The maximum Gasteiger partial charge on any atom is 0.0483 e. The van der Waals surface area contributed by atoms with Crippen molar-refractivity contribution >= 4 is 10.9 Å². The Kier molecular flexibility index (Phi) is 5.66. The lowest BCUT2D eigenvalue weighted by Crippen LogP contribution is -2.17. The largest absolute Gasteiger partial charge is 0.347 e. The SMILES string of the molecule is CCCCCCCn1ccc2c(CC(C)N)cccc21. The lowest BCUT2D eigenvalue weighted by molar-refractivity contribution is 0.577. The highest BCUT2D eigenvalue weighted by Gasteiger charge is 2.06. The maximum absolute atomic E-state index is 5.94. The highest BCUT2D eigenvalue weighted by atomic mass is 14.9. The number of hydrogen-bond donors (Lipinski definition) is 1. The Labute approximate surface area is 123 Å². The Hall–Kier alpha value is -1.28. The minimum absolute atomic E-state index is 0.220. The summed E-state index contributed by atoms with van der Waals surface area (Å²) in [6.45, 7) is 5.47. The van der Waals surface area contributed by atoms with E-state index in [1.54, 1.807) is 0 Å². The molecule has 0 saturated carbocycles. The van der Waals surface area contributed by atoms with Gasteiger partial charge in [0.2, 0.25) is 0 Å². The van der Waals surface area contributed by atoms with E-state index in [1.165, 1.54) is 48.6 Å². The summed E-state index contributed by atoms with van der Waals surface area (Å²) < 4.78 is 2.39. The van der Waals surface area contributed by atoms with E-state index in [1.807, 2.05) is 0 Å². The van der Waals surface area contributed by atoms with Crippen LogP contribution >= 0.6 is 0 Å². The van der Waals surface area contributed by atoms with E-state index < -0.39 is 0 Å². The van der Waals surface area contributed by atoms with Crippen LogP contribution in [0.2, 0.25) is 0 Å². The molecule has 0 aliphatic carbocycles. The molecule has 2 aromatic rings. The molecule has 1 aromatic heterocycles. The second kappa shape index (κ2) is 7.49. The molecule has 2 rings (SSSR count). The van der Waals surface area contributed by atoms with Gasteiger partial charge in [-0.15, -0.1) is 0 Å². The summed E-state index contributed by atoms with van der Waals surface area (Å²) in [5, 5.41) is 1.37. The van der Waals surface area contributed by atoms with Gasteiger partial charge in [-0.25, -0.2) is 0 Å². The molecule has 2 N–H and O–H groups in total. The number of nitrogens with zero attached hydrogens (tertiary/aromatic N) is 1. The third-order valence-corrected chi connectivity index (χ3v) is 3.95. The Morgan fingerprint density at radius 3 is 2.65 bits per heavy atom. The molecule has 0 aliphatic rings.